The summed E-state index contributed by atoms with van der Waals surface area (Å²) in [6.07, 6.45) is 0. The lowest BCUT2D eigenvalue weighted by atomic mass is 10.1. The number of nitrogens with zero attached hydrogens (tertiary/aromatic N) is 2. The molecule has 0 aliphatic carbocycles. The van der Waals surface area contributed by atoms with Gasteiger partial charge in [0.25, 0.3) is 5.91 Å². The van der Waals surface area contributed by atoms with Crippen LogP contribution in [0.15, 0.2) is 34.7 Å². The monoisotopic (exact) mass is 381 g/mol. The number of hydrogen-bond acceptors (Lipinski definition) is 5. The van der Waals surface area contributed by atoms with Crippen LogP contribution in [0.1, 0.15) is 47.7 Å². The molecule has 0 saturated carbocycles. The van der Waals surface area contributed by atoms with Crippen molar-refractivity contribution in [2.45, 2.75) is 38.6 Å². The zero-order chi connectivity index (χ0) is 18.6. The molecule has 1 aromatic carbocycles. The molecule has 2 aromatic rings. The Labute approximate surface area is 153 Å². The predicted molar refractivity (Wildman–Crippen MR) is 99.3 cm³/mol. The summed E-state index contributed by atoms with van der Waals surface area (Å²) in [7, 11) is -3.47. The van der Waals surface area contributed by atoms with Gasteiger partial charge in [-0.15, -0.1) is 11.3 Å². The minimum Gasteiger partial charge on any atom is -0.345 e. The highest BCUT2D eigenvalue weighted by Gasteiger charge is 2.22. The molecule has 0 radical (unpaired) electrons. The first-order valence-corrected chi connectivity index (χ1v) is 10.4. The number of hydrogen-bond donors (Lipinski definition) is 1. The molecule has 2 rings (SSSR count). The molecule has 0 fully saturated rings. The summed E-state index contributed by atoms with van der Waals surface area (Å²) in [4.78, 5) is 17.2. The number of carbonyl (C=O) groups excluding carboxylic acids is 1. The van der Waals surface area contributed by atoms with E-state index >= 15 is 0 Å². The topological polar surface area (TPSA) is 79.4 Å². The lowest BCUT2D eigenvalue weighted by Gasteiger charge is -2.19. The Morgan fingerprint density at radius 1 is 1.24 bits per heavy atom. The number of rotatable bonds is 7. The molecule has 0 aliphatic rings. The van der Waals surface area contributed by atoms with Crippen molar-refractivity contribution in [2.24, 2.45) is 0 Å². The third-order valence-corrected chi connectivity index (χ3v) is 7.01. The minimum atomic E-state index is -3.47. The third-order valence-electron chi connectivity index (χ3n) is 4.02. The van der Waals surface area contributed by atoms with Crippen LogP contribution < -0.4 is 5.32 Å². The van der Waals surface area contributed by atoms with E-state index in [1.165, 1.54) is 15.6 Å². The number of carbonyl (C=O) groups is 1. The highest BCUT2D eigenvalue weighted by atomic mass is 32.2. The van der Waals surface area contributed by atoms with E-state index in [1.54, 1.807) is 36.7 Å². The van der Waals surface area contributed by atoms with Gasteiger partial charge >= 0.3 is 0 Å². The molecule has 1 heterocycles. The molecule has 0 saturated heterocycles. The van der Waals surface area contributed by atoms with Crippen LogP contribution in [0.5, 0.6) is 0 Å². The Kier molecular flexibility index (Phi) is 6.31. The Hall–Kier alpha value is -1.77. The van der Waals surface area contributed by atoms with Crippen LogP contribution >= 0.6 is 11.3 Å². The maximum atomic E-state index is 12.5. The molecular formula is C17H23N3O3S2. The van der Waals surface area contributed by atoms with E-state index in [0.29, 0.717) is 23.7 Å². The largest absolute Gasteiger partial charge is 0.345 e. The summed E-state index contributed by atoms with van der Waals surface area (Å²) in [6.45, 7) is 8.15. The molecule has 1 unspecified atom stereocenters. The van der Waals surface area contributed by atoms with Gasteiger partial charge in [-0.1, -0.05) is 26.0 Å². The maximum absolute atomic E-state index is 12.5. The van der Waals surface area contributed by atoms with E-state index in [2.05, 4.69) is 10.3 Å². The Bertz CT molecular complexity index is 825. The Morgan fingerprint density at radius 2 is 1.84 bits per heavy atom. The first-order valence-electron chi connectivity index (χ1n) is 8.12. The first kappa shape index (κ1) is 19.6. The van der Waals surface area contributed by atoms with Gasteiger partial charge in [-0.05, 0) is 31.5 Å². The van der Waals surface area contributed by atoms with Gasteiger partial charge < -0.3 is 5.32 Å². The standard InChI is InChI=1S/C17H23N3O3S2/c1-5-20(6-2)25(22,23)15-9-7-14(8-10-15)12(3)19-17(21)16-13(4)18-11-24-16/h7-12H,5-6H2,1-4H3,(H,19,21). The zero-order valence-electron chi connectivity index (χ0n) is 14.8. The fourth-order valence-corrected chi connectivity index (χ4v) is 4.67. The molecule has 6 nitrogen and oxygen atoms in total. The van der Waals surface area contributed by atoms with E-state index in [9.17, 15) is 13.2 Å². The van der Waals surface area contributed by atoms with Gasteiger partial charge in [0.05, 0.1) is 22.1 Å². The fraction of sp³-hybridized carbons (Fsp3) is 0.412. The van der Waals surface area contributed by atoms with E-state index in [-0.39, 0.29) is 16.8 Å². The van der Waals surface area contributed by atoms with Gasteiger partial charge in [0.2, 0.25) is 10.0 Å². The van der Waals surface area contributed by atoms with Crippen LogP contribution in [0.2, 0.25) is 0 Å². The van der Waals surface area contributed by atoms with Crippen LogP contribution in [0, 0.1) is 6.92 Å². The Morgan fingerprint density at radius 3 is 2.32 bits per heavy atom. The summed E-state index contributed by atoms with van der Waals surface area (Å²) in [5, 5.41) is 2.91. The number of thiazole rings is 1. The van der Waals surface area contributed by atoms with Gasteiger partial charge in [0.15, 0.2) is 0 Å². The molecule has 1 N–H and O–H groups in total. The SMILES string of the molecule is CCN(CC)S(=O)(=O)c1ccc(C(C)NC(=O)c2scnc2C)cc1. The van der Waals surface area contributed by atoms with Gasteiger partial charge in [-0.2, -0.15) is 4.31 Å². The molecule has 1 amide bonds. The lowest BCUT2D eigenvalue weighted by molar-refractivity contribution is 0.0943. The number of nitrogens with one attached hydrogen (secondary N) is 1. The zero-order valence-corrected chi connectivity index (χ0v) is 16.4. The quantitative estimate of drug-likeness (QED) is 0.800. The first-order chi connectivity index (χ1) is 11.8. The van der Waals surface area contributed by atoms with Crippen LogP contribution in [0.4, 0.5) is 0 Å². The van der Waals surface area contributed by atoms with Crippen molar-refractivity contribution < 1.29 is 13.2 Å². The maximum Gasteiger partial charge on any atom is 0.263 e. The molecule has 136 valence electrons. The molecular weight excluding hydrogens is 358 g/mol. The second-order valence-electron chi connectivity index (χ2n) is 5.62. The van der Waals surface area contributed by atoms with Crippen molar-refractivity contribution in [1.82, 2.24) is 14.6 Å². The molecule has 1 aromatic heterocycles. The number of aromatic nitrogens is 1. The average Bonchev–Trinajstić information content (AvgIpc) is 3.02. The number of benzene rings is 1. The van der Waals surface area contributed by atoms with Crippen molar-refractivity contribution in [3.63, 3.8) is 0 Å². The molecule has 1 atom stereocenters. The van der Waals surface area contributed by atoms with Crippen molar-refractivity contribution in [3.8, 4) is 0 Å². The summed E-state index contributed by atoms with van der Waals surface area (Å²) in [5.74, 6) is -0.174. The van der Waals surface area contributed by atoms with E-state index < -0.39 is 10.0 Å². The highest BCUT2D eigenvalue weighted by Crippen LogP contribution is 2.20. The van der Waals surface area contributed by atoms with Crippen molar-refractivity contribution in [1.29, 1.82) is 0 Å². The van der Waals surface area contributed by atoms with Gasteiger partial charge in [-0.3, -0.25) is 4.79 Å². The minimum absolute atomic E-state index is 0.174. The van der Waals surface area contributed by atoms with Crippen LogP contribution in [0.25, 0.3) is 0 Å². The van der Waals surface area contributed by atoms with Crippen LogP contribution in [0.3, 0.4) is 0 Å². The molecule has 25 heavy (non-hydrogen) atoms. The predicted octanol–water partition coefficient (Wildman–Crippen LogP) is 2.97. The number of sulfonamides is 1. The van der Waals surface area contributed by atoms with Crippen LogP contribution in [-0.2, 0) is 10.0 Å². The molecule has 8 heteroatoms. The second-order valence-corrected chi connectivity index (χ2v) is 8.41. The van der Waals surface area contributed by atoms with Crippen molar-refractivity contribution >= 4 is 27.3 Å². The second kappa shape index (κ2) is 8.07. The molecule has 0 aliphatic heterocycles. The van der Waals surface area contributed by atoms with Gasteiger partial charge in [0, 0.05) is 13.1 Å². The summed E-state index contributed by atoms with van der Waals surface area (Å²) >= 11 is 1.30. The normalized spacial score (nSPS) is 13.0. The summed E-state index contributed by atoms with van der Waals surface area (Å²) in [6, 6.07) is 6.41. The summed E-state index contributed by atoms with van der Waals surface area (Å²) in [5.41, 5.74) is 3.19. The van der Waals surface area contributed by atoms with Crippen LogP contribution in [-0.4, -0.2) is 36.7 Å². The van der Waals surface area contributed by atoms with Gasteiger partial charge in [0.1, 0.15) is 4.88 Å². The van der Waals surface area contributed by atoms with Crippen molar-refractivity contribution in [3.05, 3.63) is 45.9 Å². The molecule has 0 bridgehead atoms. The highest BCUT2D eigenvalue weighted by molar-refractivity contribution is 7.89. The summed E-state index contributed by atoms with van der Waals surface area (Å²) < 4.78 is 26.4. The Balaban J connectivity index is 2.14. The number of aryl methyl sites for hydroxylation is 1. The smallest absolute Gasteiger partial charge is 0.263 e. The van der Waals surface area contributed by atoms with Gasteiger partial charge in [-0.25, -0.2) is 13.4 Å². The third kappa shape index (κ3) is 4.26. The van der Waals surface area contributed by atoms with E-state index in [0.717, 1.165) is 5.56 Å². The number of amides is 1. The lowest BCUT2D eigenvalue weighted by Crippen LogP contribution is -2.30. The van der Waals surface area contributed by atoms with Crippen molar-refractivity contribution in [2.75, 3.05) is 13.1 Å². The molecule has 0 spiro atoms. The van der Waals surface area contributed by atoms with E-state index in [1.807, 2.05) is 20.8 Å². The average molecular weight is 382 g/mol. The fourth-order valence-electron chi connectivity index (χ4n) is 2.51. The van der Waals surface area contributed by atoms with E-state index in [4.69, 9.17) is 0 Å².